The molecule has 0 spiro atoms. The van der Waals surface area contributed by atoms with E-state index in [2.05, 4.69) is 16.0 Å². The van der Waals surface area contributed by atoms with E-state index in [0.29, 0.717) is 0 Å². The third kappa shape index (κ3) is 15.4. The molecule has 0 aliphatic heterocycles. The van der Waals surface area contributed by atoms with Gasteiger partial charge in [-0.2, -0.15) is 0 Å². The largest absolute Gasteiger partial charge is 0.480 e. The molecule has 0 heterocycles. The molecule has 0 aromatic heterocycles. The zero-order valence-electron chi connectivity index (χ0n) is 10.9. The Kier molecular flexibility index (Phi) is 12.9. The minimum absolute atomic E-state index is 0.0788. The molecule has 4 N–H and O–H groups in total. The number of carboxylic acids is 1. The van der Waals surface area contributed by atoms with Gasteiger partial charge in [-0.15, -0.1) is 0 Å². The van der Waals surface area contributed by atoms with Crippen molar-refractivity contribution in [1.82, 2.24) is 16.0 Å². The van der Waals surface area contributed by atoms with Gasteiger partial charge >= 0.3 is 5.97 Å². The Morgan fingerprint density at radius 3 is 2.06 bits per heavy atom. The van der Waals surface area contributed by atoms with Crippen LogP contribution in [0.4, 0.5) is 0 Å². The predicted octanol–water partition coefficient (Wildman–Crippen LogP) is 0.420. The number of nitrogens with one attached hydrogen (secondary N) is 3. The fourth-order valence-electron chi connectivity index (χ4n) is 1.56. The number of hydrogen-bond donors (Lipinski definition) is 4. The SMILES string of the molecule is CNCCNCCCCCCCNCC(=O)O. The van der Waals surface area contributed by atoms with E-state index in [0.717, 1.165) is 32.6 Å². The van der Waals surface area contributed by atoms with Crippen LogP contribution in [-0.2, 0) is 4.79 Å². The van der Waals surface area contributed by atoms with Crippen LogP contribution < -0.4 is 16.0 Å². The minimum Gasteiger partial charge on any atom is -0.480 e. The molecule has 0 amide bonds. The molecule has 5 heteroatoms. The van der Waals surface area contributed by atoms with Gasteiger partial charge < -0.3 is 21.1 Å². The molecular formula is C12H27N3O2. The summed E-state index contributed by atoms with van der Waals surface area (Å²) in [5, 5.41) is 17.8. The highest BCUT2D eigenvalue weighted by Crippen LogP contribution is 2.01. The molecule has 5 nitrogen and oxygen atoms in total. The van der Waals surface area contributed by atoms with Crippen LogP contribution in [0, 0.1) is 0 Å². The van der Waals surface area contributed by atoms with E-state index in [9.17, 15) is 4.79 Å². The lowest BCUT2D eigenvalue weighted by molar-refractivity contribution is -0.135. The van der Waals surface area contributed by atoms with Gasteiger partial charge in [0.15, 0.2) is 0 Å². The summed E-state index contributed by atoms with van der Waals surface area (Å²) >= 11 is 0. The summed E-state index contributed by atoms with van der Waals surface area (Å²) < 4.78 is 0. The molecule has 0 atom stereocenters. The van der Waals surface area contributed by atoms with Crippen molar-refractivity contribution < 1.29 is 9.90 Å². The first-order valence-electron chi connectivity index (χ1n) is 6.55. The molecule has 102 valence electrons. The van der Waals surface area contributed by atoms with Crippen molar-refractivity contribution in [1.29, 1.82) is 0 Å². The predicted molar refractivity (Wildman–Crippen MR) is 70.4 cm³/mol. The molecule has 0 aliphatic carbocycles. The van der Waals surface area contributed by atoms with Crippen molar-refractivity contribution in [2.75, 3.05) is 39.8 Å². The topological polar surface area (TPSA) is 73.4 Å². The molecule has 17 heavy (non-hydrogen) atoms. The number of rotatable bonds is 13. The summed E-state index contributed by atoms with van der Waals surface area (Å²) in [5.74, 6) is -0.780. The normalized spacial score (nSPS) is 10.6. The van der Waals surface area contributed by atoms with Crippen molar-refractivity contribution in [3.63, 3.8) is 0 Å². The molecule has 0 aliphatic rings. The Morgan fingerprint density at radius 1 is 0.882 bits per heavy atom. The van der Waals surface area contributed by atoms with Gasteiger partial charge in [-0.05, 0) is 33.0 Å². The van der Waals surface area contributed by atoms with E-state index >= 15 is 0 Å². The van der Waals surface area contributed by atoms with Crippen molar-refractivity contribution >= 4 is 5.97 Å². The highest BCUT2D eigenvalue weighted by Gasteiger charge is 1.95. The molecule has 0 radical (unpaired) electrons. The van der Waals surface area contributed by atoms with Crippen LogP contribution in [0.2, 0.25) is 0 Å². The maximum atomic E-state index is 10.2. The average Bonchev–Trinajstić information content (AvgIpc) is 2.30. The monoisotopic (exact) mass is 245 g/mol. The number of likely N-dealkylation sites (N-methyl/N-ethyl adjacent to an activating group) is 1. The van der Waals surface area contributed by atoms with Gasteiger partial charge in [0.25, 0.3) is 0 Å². The van der Waals surface area contributed by atoms with E-state index in [-0.39, 0.29) is 6.54 Å². The first-order chi connectivity index (χ1) is 8.27. The first kappa shape index (κ1) is 16.4. The molecule has 0 saturated carbocycles. The molecule has 0 fully saturated rings. The standard InChI is InChI=1S/C12H27N3O2/c1-13-9-10-14-7-5-3-2-4-6-8-15-11-12(16)17/h13-15H,2-11H2,1H3,(H,16,17). The van der Waals surface area contributed by atoms with Crippen molar-refractivity contribution in [2.45, 2.75) is 32.1 Å². The second kappa shape index (κ2) is 13.4. The van der Waals surface area contributed by atoms with E-state index in [1.165, 1.54) is 25.7 Å². The molecule has 0 bridgehead atoms. The van der Waals surface area contributed by atoms with Gasteiger partial charge in [0.05, 0.1) is 6.54 Å². The third-order valence-corrected chi connectivity index (χ3v) is 2.54. The van der Waals surface area contributed by atoms with Crippen LogP contribution in [0.5, 0.6) is 0 Å². The van der Waals surface area contributed by atoms with Crippen molar-refractivity contribution in [2.24, 2.45) is 0 Å². The van der Waals surface area contributed by atoms with Gasteiger partial charge in [0.2, 0.25) is 0 Å². The summed E-state index contributed by atoms with van der Waals surface area (Å²) in [7, 11) is 1.96. The van der Waals surface area contributed by atoms with Gasteiger partial charge in [-0.3, -0.25) is 4.79 Å². The van der Waals surface area contributed by atoms with Gasteiger partial charge in [-0.1, -0.05) is 19.3 Å². The van der Waals surface area contributed by atoms with E-state index in [4.69, 9.17) is 5.11 Å². The molecule has 0 rings (SSSR count). The number of unbranched alkanes of at least 4 members (excludes halogenated alkanes) is 4. The second-order valence-electron chi connectivity index (χ2n) is 4.19. The van der Waals surface area contributed by atoms with Gasteiger partial charge in [0.1, 0.15) is 0 Å². The summed E-state index contributed by atoms with van der Waals surface area (Å²) in [5.41, 5.74) is 0. The summed E-state index contributed by atoms with van der Waals surface area (Å²) in [4.78, 5) is 10.2. The lowest BCUT2D eigenvalue weighted by Gasteiger charge is -2.04. The van der Waals surface area contributed by atoms with Crippen LogP contribution in [0.25, 0.3) is 0 Å². The molecule has 0 saturated heterocycles. The minimum atomic E-state index is -0.780. The highest BCUT2D eigenvalue weighted by atomic mass is 16.4. The third-order valence-electron chi connectivity index (χ3n) is 2.54. The van der Waals surface area contributed by atoms with E-state index < -0.39 is 5.97 Å². The van der Waals surface area contributed by atoms with Crippen LogP contribution in [0.15, 0.2) is 0 Å². The van der Waals surface area contributed by atoms with E-state index in [1.807, 2.05) is 7.05 Å². The zero-order valence-corrected chi connectivity index (χ0v) is 10.9. The average molecular weight is 245 g/mol. The van der Waals surface area contributed by atoms with Crippen LogP contribution in [0.1, 0.15) is 32.1 Å². The Morgan fingerprint density at radius 2 is 1.47 bits per heavy atom. The van der Waals surface area contributed by atoms with Gasteiger partial charge in [0, 0.05) is 13.1 Å². The summed E-state index contributed by atoms with van der Waals surface area (Å²) in [6.45, 7) is 4.05. The molecule has 0 aromatic rings. The summed E-state index contributed by atoms with van der Waals surface area (Å²) in [6, 6.07) is 0. The van der Waals surface area contributed by atoms with E-state index in [1.54, 1.807) is 0 Å². The highest BCUT2D eigenvalue weighted by molar-refractivity contribution is 5.68. The van der Waals surface area contributed by atoms with Crippen molar-refractivity contribution in [3.8, 4) is 0 Å². The summed E-state index contributed by atoms with van der Waals surface area (Å²) in [6.07, 6.45) is 5.98. The Hall–Kier alpha value is -0.650. The molecular weight excluding hydrogens is 218 g/mol. The number of aliphatic carboxylic acids is 1. The fraction of sp³-hybridized carbons (Fsp3) is 0.917. The fourth-order valence-corrected chi connectivity index (χ4v) is 1.56. The number of hydrogen-bond acceptors (Lipinski definition) is 4. The molecule has 0 unspecified atom stereocenters. The lowest BCUT2D eigenvalue weighted by atomic mass is 10.1. The quantitative estimate of drug-likeness (QED) is 0.354. The maximum Gasteiger partial charge on any atom is 0.317 e. The lowest BCUT2D eigenvalue weighted by Crippen LogP contribution is -2.25. The smallest absolute Gasteiger partial charge is 0.317 e. The van der Waals surface area contributed by atoms with Crippen molar-refractivity contribution in [3.05, 3.63) is 0 Å². The molecule has 0 aromatic carbocycles. The zero-order chi connectivity index (χ0) is 12.8. The Bertz CT molecular complexity index is 177. The first-order valence-corrected chi connectivity index (χ1v) is 6.55. The van der Waals surface area contributed by atoms with Crippen LogP contribution in [-0.4, -0.2) is 50.8 Å². The number of carbonyl (C=O) groups is 1. The van der Waals surface area contributed by atoms with Crippen LogP contribution in [0.3, 0.4) is 0 Å². The van der Waals surface area contributed by atoms with Crippen LogP contribution >= 0.6 is 0 Å². The number of carboxylic acid groups (broad SMARTS) is 1. The Labute approximate surface area is 104 Å². The maximum absolute atomic E-state index is 10.2. The second-order valence-corrected chi connectivity index (χ2v) is 4.19. The Balaban J connectivity index is 2.91. The van der Waals surface area contributed by atoms with Gasteiger partial charge in [-0.25, -0.2) is 0 Å².